The molecule has 0 saturated heterocycles. The Bertz CT molecular complexity index is 1210. The smallest absolute Gasteiger partial charge is 0.318 e. The predicted molar refractivity (Wildman–Crippen MR) is 111 cm³/mol. The van der Waals surface area contributed by atoms with Crippen LogP contribution in [0.4, 0.5) is 5.69 Å². The van der Waals surface area contributed by atoms with Gasteiger partial charge in [0, 0.05) is 47.7 Å². The number of hydrogen-bond donors (Lipinski definition) is 3. The maximum Gasteiger partial charge on any atom is 0.318 e. The Morgan fingerprint density at radius 2 is 1.87 bits per heavy atom. The summed E-state index contributed by atoms with van der Waals surface area (Å²) in [7, 11) is -4.14. The molecule has 0 atom stereocenters. The molecule has 3 rings (SSSR count). The third kappa shape index (κ3) is 4.48. The molecule has 3 aromatic rings. The first-order chi connectivity index (χ1) is 14.2. The van der Waals surface area contributed by atoms with Gasteiger partial charge in [-0.3, -0.25) is 20.2 Å². The van der Waals surface area contributed by atoms with E-state index in [2.05, 4.69) is 9.97 Å². The summed E-state index contributed by atoms with van der Waals surface area (Å²) in [5.74, 6) is -1.70. The van der Waals surface area contributed by atoms with Gasteiger partial charge in [-0.15, -0.1) is 0 Å². The molecule has 4 N–H and O–H groups in total. The lowest BCUT2D eigenvalue weighted by Gasteiger charge is -2.21. The molecule has 10 nitrogen and oxygen atoms in total. The molecule has 2 heterocycles. The van der Waals surface area contributed by atoms with E-state index in [1.165, 1.54) is 43.0 Å². The molecule has 0 spiro atoms. The van der Waals surface area contributed by atoms with Gasteiger partial charge in [-0.25, -0.2) is 12.8 Å². The Labute approximate surface area is 177 Å². The van der Waals surface area contributed by atoms with Crippen molar-refractivity contribution in [1.29, 1.82) is 5.41 Å². The standard InChI is InChI=1S/C18H17ClN6O4S/c19-25(18(20)21)16-9-23-8-13-7-14(1-2-15(13)16)30(28,29)24(11-17(26)27)10-12-3-5-22-6-4-12/h1-9H,10-11H2,(H3,20,21)(H,26,27). The summed E-state index contributed by atoms with van der Waals surface area (Å²) in [4.78, 5) is 19.1. The number of carboxylic acids is 1. The number of hydrogen-bond acceptors (Lipinski definition) is 6. The van der Waals surface area contributed by atoms with Gasteiger partial charge in [0.05, 0.1) is 16.8 Å². The van der Waals surface area contributed by atoms with E-state index >= 15 is 0 Å². The first-order valence-corrected chi connectivity index (χ1v) is 10.3. The zero-order valence-electron chi connectivity index (χ0n) is 15.4. The Morgan fingerprint density at radius 3 is 2.50 bits per heavy atom. The van der Waals surface area contributed by atoms with Crippen molar-refractivity contribution >= 4 is 50.2 Å². The van der Waals surface area contributed by atoms with Gasteiger partial charge >= 0.3 is 5.97 Å². The van der Waals surface area contributed by atoms with Crippen LogP contribution in [-0.4, -0.2) is 46.3 Å². The van der Waals surface area contributed by atoms with Crippen LogP contribution >= 0.6 is 11.8 Å². The summed E-state index contributed by atoms with van der Waals surface area (Å²) in [6.45, 7) is -0.839. The highest BCUT2D eigenvalue weighted by molar-refractivity contribution is 7.89. The van der Waals surface area contributed by atoms with Crippen LogP contribution < -0.4 is 10.2 Å². The monoisotopic (exact) mass is 448 g/mol. The number of nitrogens with zero attached hydrogens (tertiary/aromatic N) is 4. The van der Waals surface area contributed by atoms with Gasteiger partial charge in [-0.1, -0.05) is 6.07 Å². The maximum atomic E-state index is 13.2. The van der Waals surface area contributed by atoms with Crippen LogP contribution in [0, 0.1) is 5.41 Å². The van der Waals surface area contributed by atoms with Gasteiger partial charge in [-0.2, -0.15) is 4.31 Å². The SMILES string of the molecule is N=C(N)N(Cl)c1cncc2cc(S(=O)(=O)N(CC(=O)O)Cc3ccncc3)ccc12. The van der Waals surface area contributed by atoms with Crippen LogP contribution in [0.1, 0.15) is 5.56 Å². The number of aromatic nitrogens is 2. The fraction of sp³-hybridized carbons (Fsp3) is 0.111. The third-order valence-corrected chi connectivity index (χ3v) is 6.34. The molecule has 2 aromatic heterocycles. The topological polar surface area (TPSA) is 154 Å². The fourth-order valence-electron chi connectivity index (χ4n) is 2.80. The Kier molecular flexibility index (Phi) is 6.15. The molecule has 0 aliphatic carbocycles. The predicted octanol–water partition coefficient (Wildman–Crippen LogP) is 1.76. The van der Waals surface area contributed by atoms with Crippen LogP contribution in [0.3, 0.4) is 0 Å². The lowest BCUT2D eigenvalue weighted by molar-refractivity contribution is -0.137. The molecule has 0 amide bonds. The quantitative estimate of drug-likeness (QED) is 0.280. The van der Waals surface area contributed by atoms with Gasteiger partial charge < -0.3 is 10.8 Å². The number of halogens is 1. The Morgan fingerprint density at radius 1 is 1.17 bits per heavy atom. The summed E-state index contributed by atoms with van der Waals surface area (Å²) in [6.07, 6.45) is 5.83. The van der Waals surface area contributed by atoms with Crippen LogP contribution in [0.2, 0.25) is 0 Å². The number of aliphatic carboxylic acids is 1. The lowest BCUT2D eigenvalue weighted by Crippen LogP contribution is -2.35. The van der Waals surface area contributed by atoms with E-state index in [-0.39, 0.29) is 11.4 Å². The number of rotatable bonds is 7. The van der Waals surface area contributed by atoms with Crippen molar-refractivity contribution in [2.45, 2.75) is 11.4 Å². The van der Waals surface area contributed by atoms with Gasteiger partial charge in [0.25, 0.3) is 0 Å². The van der Waals surface area contributed by atoms with Gasteiger partial charge in [0.1, 0.15) is 6.54 Å². The molecule has 0 bridgehead atoms. The molecule has 0 saturated carbocycles. The number of guanidine groups is 1. The van der Waals surface area contributed by atoms with Gasteiger partial charge in [0.15, 0.2) is 0 Å². The second-order valence-corrected chi connectivity index (χ2v) is 8.51. The minimum Gasteiger partial charge on any atom is -0.480 e. The average Bonchev–Trinajstić information content (AvgIpc) is 2.72. The normalized spacial score (nSPS) is 11.5. The molecule has 0 radical (unpaired) electrons. The number of anilines is 1. The van der Waals surface area contributed by atoms with Crippen molar-refractivity contribution < 1.29 is 18.3 Å². The molecule has 156 valence electrons. The second-order valence-electron chi connectivity index (χ2n) is 6.23. The highest BCUT2D eigenvalue weighted by Gasteiger charge is 2.27. The van der Waals surface area contributed by atoms with Crippen molar-refractivity contribution in [3.05, 3.63) is 60.7 Å². The van der Waals surface area contributed by atoms with Gasteiger partial charge in [-0.05, 0) is 29.8 Å². The Hall–Kier alpha value is -3.28. The van der Waals surface area contributed by atoms with Crippen molar-refractivity contribution in [3.8, 4) is 0 Å². The molecule has 0 aliphatic heterocycles. The van der Waals surface area contributed by atoms with E-state index in [4.69, 9.17) is 22.9 Å². The Balaban J connectivity index is 2.04. The fourth-order valence-corrected chi connectivity index (χ4v) is 4.35. The average molecular weight is 449 g/mol. The second kappa shape index (κ2) is 8.61. The zero-order valence-corrected chi connectivity index (χ0v) is 17.0. The first-order valence-electron chi connectivity index (χ1n) is 8.48. The highest BCUT2D eigenvalue weighted by atomic mass is 35.5. The van der Waals surface area contributed by atoms with Crippen LogP contribution in [0.15, 0.2) is 60.0 Å². The first kappa shape index (κ1) is 21.4. The molecule has 1 aromatic carbocycles. The largest absolute Gasteiger partial charge is 0.480 e. The van der Waals surface area contributed by atoms with E-state index in [0.717, 1.165) is 8.72 Å². The lowest BCUT2D eigenvalue weighted by atomic mass is 10.1. The van der Waals surface area contributed by atoms with E-state index in [0.29, 0.717) is 22.0 Å². The van der Waals surface area contributed by atoms with E-state index in [1.807, 2.05) is 0 Å². The maximum absolute atomic E-state index is 13.2. The molecular weight excluding hydrogens is 432 g/mol. The number of carbonyl (C=O) groups is 1. The molecule has 0 aliphatic rings. The van der Waals surface area contributed by atoms with Crippen LogP contribution in [-0.2, 0) is 21.4 Å². The van der Waals surface area contributed by atoms with Crippen LogP contribution in [0.5, 0.6) is 0 Å². The summed E-state index contributed by atoms with van der Waals surface area (Å²) in [5, 5.41) is 17.6. The van der Waals surface area contributed by atoms with E-state index in [9.17, 15) is 18.3 Å². The number of nitrogens with two attached hydrogens (primary N) is 1. The van der Waals surface area contributed by atoms with Crippen molar-refractivity contribution in [3.63, 3.8) is 0 Å². The zero-order chi connectivity index (χ0) is 21.9. The van der Waals surface area contributed by atoms with Crippen molar-refractivity contribution in [2.75, 3.05) is 11.0 Å². The minimum atomic E-state index is -4.14. The molecule has 30 heavy (non-hydrogen) atoms. The minimum absolute atomic E-state index is 0.104. The summed E-state index contributed by atoms with van der Waals surface area (Å²) in [5.41, 5.74) is 6.31. The summed E-state index contributed by atoms with van der Waals surface area (Å²) >= 11 is 5.99. The van der Waals surface area contributed by atoms with E-state index < -0.39 is 28.5 Å². The van der Waals surface area contributed by atoms with Crippen molar-refractivity contribution in [2.24, 2.45) is 5.73 Å². The van der Waals surface area contributed by atoms with E-state index in [1.54, 1.807) is 12.1 Å². The number of sulfonamides is 1. The molecular formula is C18H17ClN6O4S. The highest BCUT2D eigenvalue weighted by Crippen LogP contribution is 2.30. The molecule has 0 fully saturated rings. The van der Waals surface area contributed by atoms with Crippen molar-refractivity contribution in [1.82, 2.24) is 14.3 Å². The molecule has 12 heteroatoms. The number of pyridine rings is 2. The van der Waals surface area contributed by atoms with Crippen LogP contribution in [0.25, 0.3) is 10.8 Å². The number of benzene rings is 1. The number of nitrogens with one attached hydrogen (secondary N) is 1. The third-order valence-electron chi connectivity index (χ3n) is 4.19. The molecule has 0 unspecified atom stereocenters. The summed E-state index contributed by atoms with van der Waals surface area (Å²) in [6, 6.07) is 7.43. The van der Waals surface area contributed by atoms with Gasteiger partial charge in [0.2, 0.25) is 16.0 Å². The number of carboxylic acid groups (broad SMARTS) is 1. The summed E-state index contributed by atoms with van der Waals surface area (Å²) < 4.78 is 28.1. The number of fused-ring (bicyclic) bond motifs is 1.